The number of ether oxygens (including phenoxy) is 1. The zero-order valence-corrected chi connectivity index (χ0v) is 12.7. The van der Waals surface area contributed by atoms with Gasteiger partial charge < -0.3 is 10.1 Å². The maximum Gasteiger partial charge on any atom is 0.359 e. The zero-order chi connectivity index (χ0) is 16.8. The molecule has 0 aliphatic carbocycles. The van der Waals surface area contributed by atoms with Crippen molar-refractivity contribution in [2.24, 2.45) is 0 Å². The molecule has 0 unspecified atom stereocenters. The van der Waals surface area contributed by atoms with Gasteiger partial charge in [-0.2, -0.15) is 0 Å². The molecular weight excluding hydrogens is 298 g/mol. The quantitative estimate of drug-likeness (QED) is 0.667. The van der Waals surface area contributed by atoms with Crippen LogP contribution in [-0.2, 0) is 9.53 Å². The lowest BCUT2D eigenvalue weighted by Crippen LogP contribution is -2.21. The third kappa shape index (κ3) is 4.70. The molecule has 0 spiro atoms. The van der Waals surface area contributed by atoms with Crippen LogP contribution in [0.4, 0.5) is 5.69 Å². The predicted molar refractivity (Wildman–Crippen MR) is 82.1 cm³/mol. The fourth-order valence-corrected chi connectivity index (χ4v) is 1.72. The molecule has 2 aromatic rings. The number of nitrogens with zero attached hydrogens (tertiary/aromatic N) is 2. The minimum Gasteiger partial charge on any atom is -0.451 e. The molecular formula is C16H15N3O4. The summed E-state index contributed by atoms with van der Waals surface area (Å²) in [7, 11) is 0. The van der Waals surface area contributed by atoms with Gasteiger partial charge in [0.25, 0.3) is 5.91 Å². The van der Waals surface area contributed by atoms with E-state index in [9.17, 15) is 14.4 Å². The van der Waals surface area contributed by atoms with E-state index < -0.39 is 18.5 Å². The topological polar surface area (TPSA) is 98.2 Å². The first-order chi connectivity index (χ1) is 11.0. The minimum absolute atomic E-state index is 0.0296. The van der Waals surface area contributed by atoms with Crippen molar-refractivity contribution in [1.29, 1.82) is 0 Å². The Bertz CT molecular complexity index is 741. The predicted octanol–water partition coefficient (Wildman–Crippen LogP) is 1.78. The van der Waals surface area contributed by atoms with Gasteiger partial charge in [0, 0.05) is 17.4 Å². The largest absolute Gasteiger partial charge is 0.451 e. The van der Waals surface area contributed by atoms with Crippen molar-refractivity contribution >= 4 is 23.3 Å². The number of esters is 1. The molecule has 118 valence electrons. The summed E-state index contributed by atoms with van der Waals surface area (Å²) >= 11 is 0. The van der Waals surface area contributed by atoms with Gasteiger partial charge >= 0.3 is 5.97 Å². The standard InChI is InChI=1S/C16H15N3O4/c1-10-7-18-14(8-17-10)16(22)23-9-15(21)19-13-5-3-4-12(6-13)11(2)20/h3-8H,9H2,1-2H3,(H,19,21). The first-order valence-electron chi connectivity index (χ1n) is 6.82. The Morgan fingerprint density at radius 1 is 1.17 bits per heavy atom. The Balaban J connectivity index is 1.90. The molecule has 1 aromatic carbocycles. The second-order valence-electron chi connectivity index (χ2n) is 4.80. The van der Waals surface area contributed by atoms with E-state index in [1.165, 1.54) is 19.3 Å². The van der Waals surface area contributed by atoms with E-state index in [2.05, 4.69) is 15.3 Å². The number of amides is 1. The number of hydrogen-bond acceptors (Lipinski definition) is 6. The number of carbonyl (C=O) groups excluding carboxylic acids is 3. The Morgan fingerprint density at radius 2 is 1.96 bits per heavy atom. The van der Waals surface area contributed by atoms with Crippen LogP contribution in [0, 0.1) is 6.92 Å². The van der Waals surface area contributed by atoms with E-state index in [0.29, 0.717) is 16.9 Å². The van der Waals surface area contributed by atoms with Gasteiger partial charge in [0.1, 0.15) is 0 Å². The van der Waals surface area contributed by atoms with Crippen molar-refractivity contribution in [2.75, 3.05) is 11.9 Å². The van der Waals surface area contributed by atoms with E-state index in [4.69, 9.17) is 4.74 Å². The molecule has 7 heteroatoms. The number of aryl methyl sites for hydroxylation is 1. The highest BCUT2D eigenvalue weighted by Crippen LogP contribution is 2.11. The van der Waals surface area contributed by atoms with Gasteiger partial charge in [-0.3, -0.25) is 14.6 Å². The Morgan fingerprint density at radius 3 is 2.61 bits per heavy atom. The minimum atomic E-state index is -0.731. The van der Waals surface area contributed by atoms with Crippen LogP contribution in [0.3, 0.4) is 0 Å². The highest BCUT2D eigenvalue weighted by Gasteiger charge is 2.12. The number of carbonyl (C=O) groups is 3. The summed E-state index contributed by atoms with van der Waals surface area (Å²) in [5.41, 5.74) is 1.63. The zero-order valence-electron chi connectivity index (χ0n) is 12.7. The van der Waals surface area contributed by atoms with Gasteiger partial charge in [0.05, 0.1) is 11.9 Å². The van der Waals surface area contributed by atoms with E-state index in [0.717, 1.165) is 0 Å². The van der Waals surface area contributed by atoms with Gasteiger partial charge in [0.15, 0.2) is 18.1 Å². The Hall–Kier alpha value is -3.09. The number of nitrogens with one attached hydrogen (secondary N) is 1. The number of rotatable bonds is 5. The smallest absolute Gasteiger partial charge is 0.359 e. The first-order valence-corrected chi connectivity index (χ1v) is 6.82. The molecule has 0 radical (unpaired) electrons. The molecule has 0 fully saturated rings. The highest BCUT2D eigenvalue weighted by atomic mass is 16.5. The number of aromatic nitrogens is 2. The maximum absolute atomic E-state index is 11.8. The molecule has 1 amide bonds. The number of anilines is 1. The molecule has 23 heavy (non-hydrogen) atoms. The summed E-state index contributed by atoms with van der Waals surface area (Å²) in [4.78, 5) is 42.6. The lowest BCUT2D eigenvalue weighted by atomic mass is 10.1. The van der Waals surface area contributed by atoms with Gasteiger partial charge in [-0.05, 0) is 26.0 Å². The van der Waals surface area contributed by atoms with Gasteiger partial charge in [0.2, 0.25) is 0 Å². The maximum atomic E-state index is 11.8. The normalized spacial score (nSPS) is 10.0. The third-order valence-corrected chi connectivity index (χ3v) is 2.88. The summed E-state index contributed by atoms with van der Waals surface area (Å²) < 4.78 is 4.86. The van der Waals surface area contributed by atoms with E-state index >= 15 is 0 Å². The summed E-state index contributed by atoms with van der Waals surface area (Å²) in [6, 6.07) is 6.49. The van der Waals surface area contributed by atoms with E-state index in [1.54, 1.807) is 31.2 Å². The second kappa shape index (κ2) is 7.26. The molecule has 1 aromatic heterocycles. The molecule has 2 rings (SSSR count). The molecule has 7 nitrogen and oxygen atoms in total. The molecule has 1 heterocycles. The molecule has 0 aliphatic heterocycles. The second-order valence-corrected chi connectivity index (χ2v) is 4.80. The summed E-state index contributed by atoms with van der Waals surface area (Å²) in [6.07, 6.45) is 2.72. The van der Waals surface area contributed by atoms with E-state index in [-0.39, 0.29) is 11.5 Å². The fourth-order valence-electron chi connectivity index (χ4n) is 1.72. The van der Waals surface area contributed by atoms with Crippen LogP contribution in [0.15, 0.2) is 36.7 Å². The van der Waals surface area contributed by atoms with E-state index in [1.807, 2.05) is 0 Å². The van der Waals surface area contributed by atoms with Crippen LogP contribution in [0.5, 0.6) is 0 Å². The van der Waals surface area contributed by atoms with Gasteiger partial charge in [-0.15, -0.1) is 0 Å². The van der Waals surface area contributed by atoms with Crippen molar-refractivity contribution in [3.05, 3.63) is 53.6 Å². The van der Waals surface area contributed by atoms with Gasteiger partial charge in [-0.25, -0.2) is 9.78 Å². The molecule has 0 aliphatic rings. The summed E-state index contributed by atoms with van der Waals surface area (Å²) in [5.74, 6) is -1.35. The number of Topliss-reactive ketones (excluding diaryl/α,β-unsaturated/α-hetero) is 1. The fraction of sp³-hybridized carbons (Fsp3) is 0.188. The Labute approximate surface area is 132 Å². The monoisotopic (exact) mass is 313 g/mol. The third-order valence-electron chi connectivity index (χ3n) is 2.88. The van der Waals surface area contributed by atoms with Crippen LogP contribution < -0.4 is 5.32 Å². The van der Waals surface area contributed by atoms with Crippen LogP contribution >= 0.6 is 0 Å². The average molecular weight is 313 g/mol. The summed E-state index contributed by atoms with van der Waals surface area (Å²) in [6.45, 7) is 2.72. The molecule has 0 saturated heterocycles. The van der Waals surface area contributed by atoms with Crippen molar-refractivity contribution in [3.63, 3.8) is 0 Å². The van der Waals surface area contributed by atoms with Crippen LogP contribution in [0.1, 0.15) is 33.5 Å². The lowest BCUT2D eigenvalue weighted by Gasteiger charge is -2.07. The SMILES string of the molecule is CC(=O)c1cccc(NC(=O)COC(=O)c2cnc(C)cn2)c1. The van der Waals surface area contributed by atoms with Crippen molar-refractivity contribution in [3.8, 4) is 0 Å². The van der Waals surface area contributed by atoms with Crippen molar-refractivity contribution < 1.29 is 19.1 Å². The molecule has 1 N–H and O–H groups in total. The number of hydrogen-bond donors (Lipinski definition) is 1. The molecule has 0 atom stereocenters. The first kappa shape index (κ1) is 16.3. The van der Waals surface area contributed by atoms with Gasteiger partial charge in [-0.1, -0.05) is 12.1 Å². The molecule has 0 bridgehead atoms. The summed E-state index contributed by atoms with van der Waals surface area (Å²) in [5, 5.41) is 2.55. The van der Waals surface area contributed by atoms with Crippen molar-refractivity contribution in [1.82, 2.24) is 9.97 Å². The van der Waals surface area contributed by atoms with Crippen molar-refractivity contribution in [2.45, 2.75) is 13.8 Å². The van der Waals surface area contributed by atoms with Crippen LogP contribution in [-0.4, -0.2) is 34.2 Å². The van der Waals surface area contributed by atoms with Crippen LogP contribution in [0.2, 0.25) is 0 Å². The van der Waals surface area contributed by atoms with Crippen LogP contribution in [0.25, 0.3) is 0 Å². The highest BCUT2D eigenvalue weighted by molar-refractivity contribution is 5.98. The Kier molecular flexibility index (Phi) is 5.14. The lowest BCUT2D eigenvalue weighted by molar-refractivity contribution is -0.119. The molecule has 0 saturated carbocycles. The number of benzene rings is 1. The number of ketones is 1. The average Bonchev–Trinajstić information content (AvgIpc) is 2.53.